The number of hydroxylamine groups is 1. The van der Waals surface area contributed by atoms with Crippen LogP contribution in [0, 0.1) is 22.7 Å². The van der Waals surface area contributed by atoms with Crippen LogP contribution in [0.2, 0.25) is 5.02 Å². The van der Waals surface area contributed by atoms with Crippen LogP contribution in [0.5, 0.6) is 0 Å². The van der Waals surface area contributed by atoms with Crippen molar-refractivity contribution < 1.29 is 42.6 Å². The molecule has 1 aromatic carbocycles. The summed E-state index contributed by atoms with van der Waals surface area (Å²) in [6, 6.07) is 6.77. The fraction of sp³-hybridized carbons (Fsp3) is 0.629. The number of allylic oxidation sites excluding steroid dienone is 4. The fourth-order valence-corrected chi connectivity index (χ4v) is 8.88. The Kier molecular flexibility index (Phi) is 9.75. The van der Waals surface area contributed by atoms with Gasteiger partial charge in [0.05, 0.1) is 18.4 Å². The van der Waals surface area contributed by atoms with E-state index < -0.39 is 70.5 Å². The van der Waals surface area contributed by atoms with Gasteiger partial charge in [0.25, 0.3) is 0 Å². The quantitative estimate of drug-likeness (QED) is 0.152. The second kappa shape index (κ2) is 13.0. The van der Waals surface area contributed by atoms with E-state index in [-0.39, 0.29) is 31.4 Å². The number of aliphatic hydroxyl groups is 1. The van der Waals surface area contributed by atoms with Gasteiger partial charge in [-0.25, -0.2) is 13.6 Å². The molecular weight excluding hydrogens is 620 g/mol. The monoisotopic (exact) mass is 663 g/mol. The van der Waals surface area contributed by atoms with Gasteiger partial charge in [-0.15, -0.1) is 0 Å². The molecule has 5 rings (SSSR count). The predicted molar refractivity (Wildman–Crippen MR) is 169 cm³/mol. The van der Waals surface area contributed by atoms with Gasteiger partial charge >= 0.3 is 6.16 Å². The zero-order valence-electron chi connectivity index (χ0n) is 26.9. The molecule has 1 aromatic rings. The van der Waals surface area contributed by atoms with Gasteiger partial charge in [-0.2, -0.15) is 0 Å². The average Bonchev–Trinajstić information content (AvgIpc) is 3.30. The van der Waals surface area contributed by atoms with E-state index in [1.807, 2.05) is 0 Å². The van der Waals surface area contributed by atoms with Gasteiger partial charge in [0, 0.05) is 28.8 Å². The Hall–Kier alpha value is -2.82. The molecule has 0 aliphatic heterocycles. The summed E-state index contributed by atoms with van der Waals surface area (Å²) in [6.45, 7) is 4.89. The maximum absolute atomic E-state index is 17.7. The topological polar surface area (TPSA) is 102 Å². The molecule has 0 spiro atoms. The highest BCUT2D eigenvalue weighted by Gasteiger charge is 2.76. The normalized spacial score (nSPS) is 36.3. The van der Waals surface area contributed by atoms with Gasteiger partial charge in [0.2, 0.25) is 5.78 Å². The summed E-state index contributed by atoms with van der Waals surface area (Å²) in [4.78, 5) is 45.4. The molecule has 3 saturated carbocycles. The minimum absolute atomic E-state index is 0.0297. The van der Waals surface area contributed by atoms with Crippen LogP contribution >= 0.6 is 11.6 Å². The first-order valence-corrected chi connectivity index (χ1v) is 16.6. The third-order valence-electron chi connectivity index (χ3n) is 11.2. The second-order valence-corrected chi connectivity index (χ2v) is 14.1. The summed E-state index contributed by atoms with van der Waals surface area (Å²) in [5, 5.41) is 13.7. The molecule has 8 atom stereocenters. The Morgan fingerprint density at radius 2 is 1.83 bits per heavy atom. The lowest BCUT2D eigenvalue weighted by atomic mass is 9.44. The Bertz CT molecular complexity index is 1400. The number of hydrogen-bond donors (Lipinski definition) is 1. The highest BCUT2D eigenvalue weighted by Crippen LogP contribution is 2.70. The summed E-state index contributed by atoms with van der Waals surface area (Å²) in [5.74, 6) is -2.57. The lowest BCUT2D eigenvalue weighted by Gasteiger charge is -2.63. The third kappa shape index (κ3) is 5.58. The van der Waals surface area contributed by atoms with Gasteiger partial charge in [0.15, 0.2) is 23.7 Å². The van der Waals surface area contributed by atoms with Crippen molar-refractivity contribution in [3.05, 3.63) is 53.1 Å². The fourth-order valence-electron chi connectivity index (χ4n) is 8.76. The van der Waals surface area contributed by atoms with Crippen LogP contribution in [0.3, 0.4) is 0 Å². The van der Waals surface area contributed by atoms with Crippen molar-refractivity contribution in [3.63, 3.8) is 0 Å². The maximum Gasteiger partial charge on any atom is 0.508 e. The van der Waals surface area contributed by atoms with Crippen molar-refractivity contribution in [2.75, 3.05) is 25.3 Å². The molecule has 3 fully saturated rings. The van der Waals surface area contributed by atoms with Crippen molar-refractivity contribution >= 4 is 35.0 Å². The molecule has 46 heavy (non-hydrogen) atoms. The summed E-state index contributed by atoms with van der Waals surface area (Å²) >= 11 is 6.09. The zero-order valence-corrected chi connectivity index (χ0v) is 27.7. The lowest BCUT2D eigenvalue weighted by Crippen LogP contribution is -2.71. The second-order valence-electron chi connectivity index (χ2n) is 13.7. The van der Waals surface area contributed by atoms with E-state index in [4.69, 9.17) is 25.9 Å². The summed E-state index contributed by atoms with van der Waals surface area (Å²) in [6.07, 6.45) is 3.14. The molecule has 0 amide bonds. The number of aliphatic hydroxyl groups excluding tert-OH is 1. The Morgan fingerprint density at radius 3 is 2.52 bits per heavy atom. The van der Waals surface area contributed by atoms with Crippen LogP contribution in [-0.2, 0) is 23.9 Å². The minimum atomic E-state index is -2.30. The van der Waals surface area contributed by atoms with E-state index in [0.717, 1.165) is 25.3 Å². The molecule has 0 bridgehead atoms. The molecule has 0 aromatic heterocycles. The zero-order chi connectivity index (χ0) is 33.5. The SMILES string of the molecule is CCCCCCOC(=O)OCC(=O)[C@@]1(ON(C)c2ccc(Cl)cc2)CCC2C3C[C@H](F)C4=CC(=O)C=CC4(C)[C@@]3(F)C(O)CC21C. The van der Waals surface area contributed by atoms with Crippen LogP contribution in [0.25, 0.3) is 0 Å². The molecule has 5 unspecified atom stereocenters. The number of hydrogen-bond acceptors (Lipinski definition) is 8. The molecule has 11 heteroatoms. The van der Waals surface area contributed by atoms with Crippen LogP contribution in [0.4, 0.5) is 19.3 Å². The van der Waals surface area contributed by atoms with Gasteiger partial charge in [-0.05, 0) is 86.9 Å². The van der Waals surface area contributed by atoms with Crippen molar-refractivity contribution in [2.24, 2.45) is 22.7 Å². The number of ether oxygens (including phenoxy) is 2. The van der Waals surface area contributed by atoms with E-state index in [1.54, 1.807) is 38.2 Å². The Labute approximate surface area is 274 Å². The summed E-state index contributed by atoms with van der Waals surface area (Å²) in [7, 11) is 1.62. The number of anilines is 1. The molecule has 1 N–H and O–H groups in total. The highest BCUT2D eigenvalue weighted by atomic mass is 35.5. The number of benzene rings is 1. The molecule has 8 nitrogen and oxygen atoms in total. The maximum atomic E-state index is 17.7. The molecular formula is C35H44ClF2NO7. The number of nitrogens with zero attached hydrogens (tertiary/aromatic N) is 1. The van der Waals surface area contributed by atoms with Gasteiger partial charge in [0.1, 0.15) is 6.17 Å². The number of ketones is 2. The van der Waals surface area contributed by atoms with Gasteiger partial charge in [-0.3, -0.25) is 19.5 Å². The van der Waals surface area contributed by atoms with E-state index in [9.17, 15) is 19.5 Å². The first-order valence-electron chi connectivity index (χ1n) is 16.2. The number of carbonyl (C=O) groups is 3. The van der Waals surface area contributed by atoms with Crippen molar-refractivity contribution in [1.29, 1.82) is 0 Å². The van der Waals surface area contributed by atoms with Crippen molar-refractivity contribution in [1.82, 2.24) is 0 Å². The minimum Gasteiger partial charge on any atom is -0.434 e. The number of alkyl halides is 2. The Morgan fingerprint density at radius 1 is 1.11 bits per heavy atom. The smallest absolute Gasteiger partial charge is 0.434 e. The summed E-state index contributed by atoms with van der Waals surface area (Å²) < 4.78 is 44.0. The molecule has 0 heterocycles. The van der Waals surface area contributed by atoms with E-state index in [2.05, 4.69) is 6.92 Å². The van der Waals surface area contributed by atoms with Crippen LogP contribution in [0.1, 0.15) is 72.1 Å². The third-order valence-corrected chi connectivity index (χ3v) is 11.5. The summed E-state index contributed by atoms with van der Waals surface area (Å²) in [5.41, 5.74) is -6.11. The van der Waals surface area contributed by atoms with Crippen LogP contribution in [-0.4, -0.2) is 66.6 Å². The first-order chi connectivity index (χ1) is 21.7. The largest absolute Gasteiger partial charge is 0.508 e. The number of unbranched alkanes of at least 4 members (excludes halogenated alkanes) is 3. The van der Waals surface area contributed by atoms with Crippen LogP contribution in [0.15, 0.2) is 48.1 Å². The standard InChI is InChI=1S/C35H44ClF2NO7/c1-5-6-7-8-17-44-31(43)45-21-30(42)34(46-39(4)23-11-9-22(36)10-12-23)16-14-25-26-19-28(37)27-18-24(40)13-15-32(27,2)35(26,38)29(41)20-33(25,34)3/h9-13,15,18,25-26,28-29,41H,5-8,14,16-17,19-21H2,1-4H3/t25?,26?,28-,29?,32?,33?,34-,35-/m0/s1. The molecule has 0 radical (unpaired) electrons. The van der Waals surface area contributed by atoms with Gasteiger partial charge in [-0.1, -0.05) is 50.8 Å². The van der Waals surface area contributed by atoms with Crippen molar-refractivity contribution in [3.8, 4) is 0 Å². The molecule has 0 saturated heterocycles. The van der Waals surface area contributed by atoms with E-state index >= 15 is 8.78 Å². The first kappa shape index (κ1) is 34.5. The average molecular weight is 664 g/mol. The predicted octanol–water partition coefficient (Wildman–Crippen LogP) is 7.07. The van der Waals surface area contributed by atoms with E-state index in [1.165, 1.54) is 24.1 Å². The van der Waals surface area contributed by atoms with Crippen LogP contribution < -0.4 is 5.06 Å². The Balaban J connectivity index is 1.46. The number of Topliss-reactive ketones (excluding diaryl/α,β-unsaturated/α-hetero) is 1. The molecule has 252 valence electrons. The molecule has 4 aliphatic carbocycles. The number of rotatable bonds is 11. The molecule has 4 aliphatic rings. The van der Waals surface area contributed by atoms with E-state index in [0.29, 0.717) is 23.6 Å². The number of halogens is 3. The number of carbonyl (C=O) groups excluding carboxylic acids is 3. The number of fused-ring (bicyclic) bond motifs is 5. The van der Waals surface area contributed by atoms with Crippen molar-refractivity contribution in [2.45, 2.75) is 95.7 Å². The highest BCUT2D eigenvalue weighted by molar-refractivity contribution is 6.30. The van der Waals surface area contributed by atoms with Gasteiger partial charge < -0.3 is 14.6 Å². The lowest BCUT2D eigenvalue weighted by molar-refractivity contribution is -0.231.